The topological polar surface area (TPSA) is 32.3 Å². The molecule has 0 aliphatic carbocycles. The summed E-state index contributed by atoms with van der Waals surface area (Å²) in [4.78, 5) is 14.2. The Morgan fingerprint density at radius 3 is 2.42 bits per heavy atom. The van der Waals surface area contributed by atoms with Crippen molar-refractivity contribution in [3.63, 3.8) is 0 Å². The predicted octanol–water partition coefficient (Wildman–Crippen LogP) is 2.67. The van der Waals surface area contributed by atoms with E-state index in [1.165, 1.54) is 5.56 Å². The normalized spacial score (nSPS) is 18.2. The third-order valence-electron chi connectivity index (χ3n) is 3.73. The number of hydrogen-bond donors (Lipinski definition) is 1. The third kappa shape index (κ3) is 3.71. The quantitative estimate of drug-likeness (QED) is 0.924. The maximum absolute atomic E-state index is 12.3. The summed E-state index contributed by atoms with van der Waals surface area (Å²) in [5.74, 6) is 0.630. The van der Waals surface area contributed by atoms with Gasteiger partial charge in [0, 0.05) is 25.2 Å². The van der Waals surface area contributed by atoms with E-state index >= 15 is 0 Å². The highest BCUT2D eigenvalue weighted by Gasteiger charge is 2.23. The van der Waals surface area contributed by atoms with E-state index in [0.29, 0.717) is 12.0 Å². The molecule has 4 heteroatoms. The Labute approximate surface area is 121 Å². The minimum atomic E-state index is 0. The molecule has 0 bridgehead atoms. The minimum absolute atomic E-state index is 0. The number of halogens is 1. The van der Waals surface area contributed by atoms with Crippen LogP contribution in [-0.4, -0.2) is 37.0 Å². The predicted molar refractivity (Wildman–Crippen MR) is 81.1 cm³/mol. The lowest BCUT2D eigenvalue weighted by Gasteiger charge is -2.24. The molecule has 0 saturated carbocycles. The van der Waals surface area contributed by atoms with Crippen molar-refractivity contribution in [1.82, 2.24) is 10.2 Å². The number of likely N-dealkylation sites (N-methyl/N-ethyl adjacent to an activating group) is 1. The second kappa shape index (κ2) is 6.92. The molecule has 1 heterocycles. The first-order valence-electron chi connectivity index (χ1n) is 6.67. The molecular formula is C15H23ClN2O. The van der Waals surface area contributed by atoms with E-state index in [1.54, 1.807) is 0 Å². The number of benzene rings is 1. The van der Waals surface area contributed by atoms with E-state index in [9.17, 15) is 4.79 Å². The van der Waals surface area contributed by atoms with Crippen LogP contribution in [0.25, 0.3) is 0 Å². The first-order chi connectivity index (χ1) is 8.59. The third-order valence-corrected chi connectivity index (χ3v) is 3.73. The van der Waals surface area contributed by atoms with Crippen LogP contribution in [0.15, 0.2) is 24.3 Å². The fourth-order valence-electron chi connectivity index (χ4n) is 2.35. The molecule has 1 saturated heterocycles. The van der Waals surface area contributed by atoms with Crippen LogP contribution in [0.5, 0.6) is 0 Å². The first kappa shape index (κ1) is 16.0. The van der Waals surface area contributed by atoms with Crippen molar-refractivity contribution in [3.8, 4) is 0 Å². The Bertz CT molecular complexity index is 411. The average molecular weight is 283 g/mol. The molecule has 0 unspecified atom stereocenters. The van der Waals surface area contributed by atoms with Gasteiger partial charge in [-0.15, -0.1) is 12.4 Å². The smallest absolute Gasteiger partial charge is 0.253 e. The van der Waals surface area contributed by atoms with Crippen LogP contribution in [0.3, 0.4) is 0 Å². The van der Waals surface area contributed by atoms with Crippen molar-refractivity contribution in [2.45, 2.75) is 32.2 Å². The van der Waals surface area contributed by atoms with Gasteiger partial charge in [-0.05, 0) is 36.6 Å². The van der Waals surface area contributed by atoms with Crippen LogP contribution in [-0.2, 0) is 0 Å². The molecule has 2 rings (SSSR count). The summed E-state index contributed by atoms with van der Waals surface area (Å²) in [5.41, 5.74) is 2.06. The average Bonchev–Trinajstić information content (AvgIpc) is 2.91. The van der Waals surface area contributed by atoms with Crippen LogP contribution in [0, 0.1) is 0 Å². The van der Waals surface area contributed by atoms with Gasteiger partial charge in [-0.3, -0.25) is 4.79 Å². The Morgan fingerprint density at radius 2 is 1.95 bits per heavy atom. The molecule has 0 aromatic heterocycles. The second-order valence-electron chi connectivity index (χ2n) is 5.34. The summed E-state index contributed by atoms with van der Waals surface area (Å²) < 4.78 is 0. The van der Waals surface area contributed by atoms with Crippen LogP contribution >= 0.6 is 12.4 Å². The molecule has 1 aliphatic rings. The Hall–Kier alpha value is -1.06. The fourth-order valence-corrected chi connectivity index (χ4v) is 2.35. The molecule has 1 N–H and O–H groups in total. The Kier molecular flexibility index (Phi) is 5.83. The molecule has 1 aromatic carbocycles. The minimum Gasteiger partial charge on any atom is -0.337 e. The highest BCUT2D eigenvalue weighted by molar-refractivity contribution is 5.94. The lowest BCUT2D eigenvalue weighted by molar-refractivity contribution is 0.0744. The molecule has 1 fully saturated rings. The molecule has 106 valence electrons. The van der Waals surface area contributed by atoms with Crippen LogP contribution in [0.1, 0.15) is 42.1 Å². The first-order valence-corrected chi connectivity index (χ1v) is 6.67. The molecule has 1 amide bonds. The van der Waals surface area contributed by atoms with Gasteiger partial charge in [0.2, 0.25) is 0 Å². The van der Waals surface area contributed by atoms with E-state index in [4.69, 9.17) is 0 Å². The summed E-state index contributed by atoms with van der Waals surface area (Å²) in [6, 6.07) is 8.33. The van der Waals surface area contributed by atoms with Gasteiger partial charge < -0.3 is 10.2 Å². The standard InChI is InChI=1S/C15H22N2O.ClH/c1-11(2)12-4-6-13(7-5-12)15(18)17(3)14-8-9-16-10-14;/h4-7,11,14,16H,8-10H2,1-3H3;1H/t14-;/m1./s1. The molecule has 1 aromatic rings. The Morgan fingerprint density at radius 1 is 1.32 bits per heavy atom. The van der Waals surface area contributed by atoms with Crippen LogP contribution in [0.2, 0.25) is 0 Å². The van der Waals surface area contributed by atoms with Gasteiger partial charge in [-0.1, -0.05) is 26.0 Å². The monoisotopic (exact) mass is 282 g/mol. The van der Waals surface area contributed by atoms with Crippen molar-refractivity contribution in [2.75, 3.05) is 20.1 Å². The van der Waals surface area contributed by atoms with E-state index in [-0.39, 0.29) is 18.3 Å². The lowest BCUT2D eigenvalue weighted by atomic mass is 10.0. The molecule has 0 spiro atoms. The number of carbonyl (C=O) groups excluding carboxylic acids is 1. The van der Waals surface area contributed by atoms with Gasteiger partial charge in [0.25, 0.3) is 5.91 Å². The van der Waals surface area contributed by atoms with Crippen molar-refractivity contribution in [1.29, 1.82) is 0 Å². The van der Waals surface area contributed by atoms with E-state index in [0.717, 1.165) is 25.1 Å². The van der Waals surface area contributed by atoms with Crippen LogP contribution in [0.4, 0.5) is 0 Å². The summed E-state index contributed by atoms with van der Waals surface area (Å²) in [5, 5.41) is 3.29. The van der Waals surface area contributed by atoms with Crippen molar-refractivity contribution >= 4 is 18.3 Å². The highest BCUT2D eigenvalue weighted by atomic mass is 35.5. The van der Waals surface area contributed by atoms with E-state index in [1.807, 2.05) is 24.1 Å². The Balaban J connectivity index is 0.00000180. The number of amides is 1. The summed E-state index contributed by atoms with van der Waals surface area (Å²) >= 11 is 0. The second-order valence-corrected chi connectivity index (χ2v) is 5.34. The number of rotatable bonds is 3. The molecule has 1 atom stereocenters. The van der Waals surface area contributed by atoms with Crippen molar-refractivity contribution < 1.29 is 4.79 Å². The van der Waals surface area contributed by atoms with Gasteiger partial charge in [0.15, 0.2) is 0 Å². The molecular weight excluding hydrogens is 260 g/mol. The lowest BCUT2D eigenvalue weighted by Crippen LogP contribution is -2.38. The maximum atomic E-state index is 12.3. The van der Waals surface area contributed by atoms with Gasteiger partial charge >= 0.3 is 0 Å². The van der Waals surface area contributed by atoms with E-state index < -0.39 is 0 Å². The summed E-state index contributed by atoms with van der Waals surface area (Å²) in [6.45, 7) is 6.24. The van der Waals surface area contributed by atoms with Gasteiger partial charge in [-0.25, -0.2) is 0 Å². The molecule has 1 aliphatic heterocycles. The SMILES string of the molecule is CC(C)c1ccc(C(=O)N(C)[C@@H]2CCNC2)cc1.Cl. The number of carbonyl (C=O) groups is 1. The number of nitrogens with one attached hydrogen (secondary N) is 1. The van der Waals surface area contributed by atoms with Crippen molar-refractivity contribution in [2.24, 2.45) is 0 Å². The van der Waals surface area contributed by atoms with Crippen molar-refractivity contribution in [3.05, 3.63) is 35.4 Å². The van der Waals surface area contributed by atoms with E-state index in [2.05, 4.69) is 31.3 Å². The fraction of sp³-hybridized carbons (Fsp3) is 0.533. The summed E-state index contributed by atoms with van der Waals surface area (Å²) in [6.07, 6.45) is 1.05. The van der Waals surface area contributed by atoms with Gasteiger partial charge in [-0.2, -0.15) is 0 Å². The largest absolute Gasteiger partial charge is 0.337 e. The summed E-state index contributed by atoms with van der Waals surface area (Å²) in [7, 11) is 1.90. The highest BCUT2D eigenvalue weighted by Crippen LogP contribution is 2.17. The zero-order chi connectivity index (χ0) is 13.1. The van der Waals surface area contributed by atoms with Gasteiger partial charge in [0.05, 0.1) is 0 Å². The van der Waals surface area contributed by atoms with Crippen LogP contribution < -0.4 is 5.32 Å². The maximum Gasteiger partial charge on any atom is 0.253 e. The van der Waals surface area contributed by atoms with Gasteiger partial charge in [0.1, 0.15) is 0 Å². The zero-order valence-electron chi connectivity index (χ0n) is 11.8. The number of hydrogen-bond acceptors (Lipinski definition) is 2. The molecule has 0 radical (unpaired) electrons. The molecule has 3 nitrogen and oxygen atoms in total. The zero-order valence-corrected chi connectivity index (χ0v) is 12.7. The molecule has 19 heavy (non-hydrogen) atoms. The number of nitrogens with zero attached hydrogens (tertiary/aromatic N) is 1.